The fourth-order valence-electron chi connectivity index (χ4n) is 2.15. The number of benzene rings is 1. The molecule has 0 unspecified atom stereocenters. The van der Waals surface area contributed by atoms with E-state index in [1.807, 2.05) is 13.8 Å². The summed E-state index contributed by atoms with van der Waals surface area (Å²) in [4.78, 5) is 13.1. The van der Waals surface area contributed by atoms with Crippen LogP contribution in [0.15, 0.2) is 23.1 Å². The molecule has 0 aliphatic carbocycles. The van der Waals surface area contributed by atoms with Gasteiger partial charge in [0.25, 0.3) is 0 Å². The monoisotopic (exact) mass is 344 g/mol. The lowest BCUT2D eigenvalue weighted by Crippen LogP contribution is -2.41. The highest BCUT2D eigenvalue weighted by atomic mass is 32.2. The molecule has 0 radical (unpaired) electrons. The Balaban J connectivity index is 2.86. The smallest absolute Gasteiger partial charge is 0.244 e. The molecule has 0 saturated heterocycles. The summed E-state index contributed by atoms with van der Waals surface area (Å²) in [5, 5.41) is 0. The lowest BCUT2D eigenvalue weighted by molar-refractivity contribution is -0.130. The molecule has 0 atom stereocenters. The predicted octanol–water partition coefficient (Wildman–Crippen LogP) is 1.24. The average Bonchev–Trinajstić information content (AvgIpc) is 2.49. The van der Waals surface area contributed by atoms with Crippen LogP contribution >= 0.6 is 0 Å². The van der Waals surface area contributed by atoms with Crippen LogP contribution in [0.2, 0.25) is 0 Å². The third-order valence-electron chi connectivity index (χ3n) is 3.33. The Labute approximate surface area is 137 Å². The molecule has 1 N–H and O–H groups in total. The summed E-state index contributed by atoms with van der Waals surface area (Å²) in [6.45, 7) is 5.63. The second-order valence-corrected chi connectivity index (χ2v) is 6.96. The number of sulfonamides is 1. The van der Waals surface area contributed by atoms with Crippen molar-refractivity contribution in [3.63, 3.8) is 0 Å². The standard InChI is InChI=1S/C15H24N2O5S/c1-11(2)17(12(3)18)9-8-16-23(19,20)15-7-6-13(21-4)10-14(15)22-5/h6-7,10-11,16H,8-9H2,1-5H3. The number of nitrogens with one attached hydrogen (secondary N) is 1. The van der Waals surface area contributed by atoms with Crippen LogP contribution in [0.25, 0.3) is 0 Å². The van der Waals surface area contributed by atoms with Gasteiger partial charge in [-0.25, -0.2) is 13.1 Å². The molecule has 1 rings (SSSR count). The first-order valence-electron chi connectivity index (χ1n) is 7.21. The van der Waals surface area contributed by atoms with Gasteiger partial charge < -0.3 is 14.4 Å². The molecule has 0 bridgehead atoms. The number of methoxy groups -OCH3 is 2. The van der Waals surface area contributed by atoms with Gasteiger partial charge in [0.1, 0.15) is 16.4 Å². The first kappa shape index (κ1) is 19.2. The molecule has 1 aromatic carbocycles. The molecule has 130 valence electrons. The highest BCUT2D eigenvalue weighted by Gasteiger charge is 2.21. The molecule has 7 nitrogen and oxygen atoms in total. The number of carbonyl (C=O) groups is 1. The number of carbonyl (C=O) groups excluding carboxylic acids is 1. The van der Waals surface area contributed by atoms with E-state index in [1.165, 1.54) is 33.3 Å². The summed E-state index contributed by atoms with van der Waals surface area (Å²) in [5.74, 6) is 0.605. The molecule has 0 aromatic heterocycles. The fourth-order valence-corrected chi connectivity index (χ4v) is 3.32. The Bertz CT molecular complexity index is 643. The largest absolute Gasteiger partial charge is 0.497 e. The Morgan fingerprint density at radius 1 is 1.26 bits per heavy atom. The van der Waals surface area contributed by atoms with Gasteiger partial charge in [0.15, 0.2) is 0 Å². The van der Waals surface area contributed by atoms with Crippen molar-refractivity contribution in [1.29, 1.82) is 0 Å². The van der Waals surface area contributed by atoms with Crippen molar-refractivity contribution in [2.45, 2.75) is 31.7 Å². The highest BCUT2D eigenvalue weighted by molar-refractivity contribution is 7.89. The van der Waals surface area contributed by atoms with Gasteiger partial charge in [-0.15, -0.1) is 0 Å². The maximum atomic E-state index is 12.4. The zero-order valence-electron chi connectivity index (χ0n) is 14.1. The van der Waals surface area contributed by atoms with Gasteiger partial charge in [-0.2, -0.15) is 0 Å². The number of hydrogen-bond acceptors (Lipinski definition) is 5. The van der Waals surface area contributed by atoms with Crippen molar-refractivity contribution in [3.05, 3.63) is 18.2 Å². The Kier molecular flexibility index (Phi) is 6.83. The summed E-state index contributed by atoms with van der Waals surface area (Å²) >= 11 is 0. The van der Waals surface area contributed by atoms with Crippen molar-refractivity contribution in [2.24, 2.45) is 0 Å². The minimum absolute atomic E-state index is 0.00697. The summed E-state index contributed by atoms with van der Waals surface area (Å²) in [6.07, 6.45) is 0. The van der Waals surface area contributed by atoms with Crippen LogP contribution in [0, 0.1) is 0 Å². The number of amides is 1. The van der Waals surface area contributed by atoms with E-state index in [9.17, 15) is 13.2 Å². The van der Waals surface area contributed by atoms with Gasteiger partial charge in [0, 0.05) is 32.1 Å². The van der Waals surface area contributed by atoms with Crippen molar-refractivity contribution in [1.82, 2.24) is 9.62 Å². The Morgan fingerprint density at radius 3 is 2.39 bits per heavy atom. The molecule has 0 aliphatic rings. The third kappa shape index (κ3) is 5.11. The number of hydrogen-bond donors (Lipinski definition) is 1. The Morgan fingerprint density at radius 2 is 1.91 bits per heavy atom. The van der Waals surface area contributed by atoms with Crippen LogP contribution in [0.3, 0.4) is 0 Å². The molecule has 1 amide bonds. The van der Waals surface area contributed by atoms with Gasteiger partial charge in [0.2, 0.25) is 15.9 Å². The number of ether oxygens (including phenoxy) is 2. The van der Waals surface area contributed by atoms with Crippen molar-refractivity contribution < 1.29 is 22.7 Å². The van der Waals surface area contributed by atoms with E-state index < -0.39 is 10.0 Å². The lowest BCUT2D eigenvalue weighted by Gasteiger charge is -2.25. The maximum absolute atomic E-state index is 12.4. The lowest BCUT2D eigenvalue weighted by atomic mass is 10.3. The second kappa shape index (κ2) is 8.16. The molecular weight excluding hydrogens is 320 g/mol. The molecule has 1 aromatic rings. The van der Waals surface area contributed by atoms with Crippen LogP contribution in [0.1, 0.15) is 20.8 Å². The van der Waals surface area contributed by atoms with Crippen molar-refractivity contribution in [2.75, 3.05) is 27.3 Å². The zero-order valence-corrected chi connectivity index (χ0v) is 14.9. The first-order valence-corrected chi connectivity index (χ1v) is 8.70. The van der Waals surface area contributed by atoms with Crippen LogP contribution in [-0.4, -0.2) is 52.6 Å². The van der Waals surface area contributed by atoms with Gasteiger partial charge in [-0.1, -0.05) is 0 Å². The zero-order chi connectivity index (χ0) is 17.6. The van der Waals surface area contributed by atoms with E-state index >= 15 is 0 Å². The third-order valence-corrected chi connectivity index (χ3v) is 4.83. The topological polar surface area (TPSA) is 84.9 Å². The molecule has 0 saturated carbocycles. The minimum Gasteiger partial charge on any atom is -0.497 e. The Hall–Kier alpha value is -1.80. The van der Waals surface area contributed by atoms with Crippen molar-refractivity contribution in [3.8, 4) is 11.5 Å². The van der Waals surface area contributed by atoms with E-state index in [0.717, 1.165) is 0 Å². The summed E-state index contributed by atoms with van der Waals surface area (Å²) in [5.41, 5.74) is 0. The minimum atomic E-state index is -3.74. The first-order chi connectivity index (χ1) is 10.7. The molecule has 0 heterocycles. The second-order valence-electron chi connectivity index (χ2n) is 5.22. The molecule has 23 heavy (non-hydrogen) atoms. The van der Waals surface area contributed by atoms with E-state index in [-0.39, 0.29) is 29.1 Å². The van der Waals surface area contributed by atoms with Crippen LogP contribution in [0.4, 0.5) is 0 Å². The van der Waals surface area contributed by atoms with Gasteiger partial charge in [-0.3, -0.25) is 4.79 Å². The fraction of sp³-hybridized carbons (Fsp3) is 0.533. The van der Waals surface area contributed by atoms with Crippen LogP contribution in [0.5, 0.6) is 11.5 Å². The maximum Gasteiger partial charge on any atom is 0.244 e. The van der Waals surface area contributed by atoms with Gasteiger partial charge in [0.05, 0.1) is 14.2 Å². The molecular formula is C15H24N2O5S. The number of nitrogens with zero attached hydrogens (tertiary/aromatic N) is 1. The summed E-state index contributed by atoms with van der Waals surface area (Å²) < 4.78 is 37.4. The molecule has 0 spiro atoms. The van der Waals surface area contributed by atoms with Crippen molar-refractivity contribution >= 4 is 15.9 Å². The van der Waals surface area contributed by atoms with Crippen LogP contribution in [-0.2, 0) is 14.8 Å². The van der Waals surface area contributed by atoms with E-state index in [1.54, 1.807) is 11.0 Å². The number of rotatable bonds is 8. The van der Waals surface area contributed by atoms with Crippen LogP contribution < -0.4 is 14.2 Å². The molecule has 8 heteroatoms. The summed E-state index contributed by atoms with van der Waals surface area (Å²) in [7, 11) is -0.861. The highest BCUT2D eigenvalue weighted by Crippen LogP contribution is 2.28. The SMILES string of the molecule is COc1ccc(S(=O)(=O)NCCN(C(C)=O)C(C)C)c(OC)c1. The normalized spacial score (nSPS) is 11.4. The quantitative estimate of drug-likeness (QED) is 0.767. The van der Waals surface area contributed by atoms with Gasteiger partial charge in [-0.05, 0) is 26.0 Å². The van der Waals surface area contributed by atoms with E-state index in [2.05, 4.69) is 4.72 Å². The average molecular weight is 344 g/mol. The summed E-state index contributed by atoms with van der Waals surface area (Å²) in [6, 6.07) is 4.48. The van der Waals surface area contributed by atoms with Gasteiger partial charge >= 0.3 is 0 Å². The molecule has 0 aliphatic heterocycles. The molecule has 0 fully saturated rings. The van der Waals surface area contributed by atoms with E-state index in [4.69, 9.17) is 9.47 Å². The predicted molar refractivity (Wildman–Crippen MR) is 87.3 cm³/mol. The van der Waals surface area contributed by atoms with E-state index in [0.29, 0.717) is 12.3 Å².